The van der Waals surface area contributed by atoms with E-state index in [1.165, 1.54) is 17.2 Å². The van der Waals surface area contributed by atoms with Crippen LogP contribution in [0.25, 0.3) is 11.2 Å². The van der Waals surface area contributed by atoms with E-state index >= 15 is 0 Å². The summed E-state index contributed by atoms with van der Waals surface area (Å²) in [6.07, 6.45) is -2.61. The van der Waals surface area contributed by atoms with Gasteiger partial charge in [0.2, 0.25) is 5.91 Å². The number of alkyl halides is 1. The Morgan fingerprint density at radius 2 is 2.22 bits per heavy atom. The first-order chi connectivity index (χ1) is 13.0. The molecule has 0 aliphatic carbocycles. The van der Waals surface area contributed by atoms with Crippen molar-refractivity contribution in [3.05, 3.63) is 12.7 Å². The lowest BCUT2D eigenvalue weighted by molar-refractivity contribution is -0.124. The third kappa shape index (κ3) is 3.20. The number of nitrogens with two attached hydrogens (primary N) is 1. The van der Waals surface area contributed by atoms with Crippen LogP contribution in [0, 0.1) is 0 Å². The number of amides is 1. The molecule has 2 aliphatic rings. The lowest BCUT2D eigenvalue weighted by atomic mass is 10.1. The molecule has 2 fully saturated rings. The van der Waals surface area contributed by atoms with Crippen LogP contribution in [0.4, 0.5) is 10.2 Å². The summed E-state index contributed by atoms with van der Waals surface area (Å²) in [6, 6.07) is -0.614. The normalized spacial score (nSPS) is 33.6. The SMILES string of the molecule is Nc1ncnc2c1ncn2[C@@H]1O[C@H](CNC(=O)[C@@H]2C[C@H](F)CN2)[C@@H](O)[C@H]1O. The fourth-order valence-electron chi connectivity index (χ4n) is 3.40. The summed E-state index contributed by atoms with van der Waals surface area (Å²) in [5.74, 6) is -0.191. The lowest BCUT2D eigenvalue weighted by Crippen LogP contribution is -2.45. The second-order valence-corrected chi connectivity index (χ2v) is 6.67. The summed E-state index contributed by atoms with van der Waals surface area (Å²) >= 11 is 0. The Morgan fingerprint density at radius 3 is 2.96 bits per heavy atom. The van der Waals surface area contributed by atoms with Gasteiger partial charge in [-0.2, -0.15) is 0 Å². The van der Waals surface area contributed by atoms with Crippen LogP contribution in [0.2, 0.25) is 0 Å². The number of hydrogen-bond donors (Lipinski definition) is 5. The summed E-state index contributed by atoms with van der Waals surface area (Å²) in [5, 5.41) is 26.0. The number of carbonyl (C=O) groups excluding carboxylic acids is 1. The third-order valence-corrected chi connectivity index (χ3v) is 4.87. The van der Waals surface area contributed by atoms with E-state index in [0.29, 0.717) is 11.2 Å². The monoisotopic (exact) mass is 381 g/mol. The van der Waals surface area contributed by atoms with Crippen molar-refractivity contribution in [1.29, 1.82) is 0 Å². The Morgan fingerprint density at radius 1 is 1.41 bits per heavy atom. The zero-order valence-corrected chi connectivity index (χ0v) is 14.2. The molecule has 2 aromatic heterocycles. The summed E-state index contributed by atoms with van der Waals surface area (Å²) in [4.78, 5) is 24.1. The molecule has 27 heavy (non-hydrogen) atoms. The first kappa shape index (κ1) is 18.0. The second kappa shape index (κ2) is 6.96. The van der Waals surface area contributed by atoms with Crippen LogP contribution < -0.4 is 16.4 Å². The number of fused-ring (bicyclic) bond motifs is 1. The maximum Gasteiger partial charge on any atom is 0.237 e. The van der Waals surface area contributed by atoms with Crippen molar-refractivity contribution >= 4 is 22.9 Å². The van der Waals surface area contributed by atoms with Gasteiger partial charge in [-0.15, -0.1) is 0 Å². The van der Waals surface area contributed by atoms with E-state index in [2.05, 4.69) is 25.6 Å². The maximum atomic E-state index is 13.2. The predicted octanol–water partition coefficient (Wildman–Crippen LogP) is -2.16. The number of hydrogen-bond acceptors (Lipinski definition) is 9. The van der Waals surface area contributed by atoms with E-state index in [1.54, 1.807) is 0 Å². The molecular weight excluding hydrogens is 361 g/mol. The van der Waals surface area contributed by atoms with Crippen molar-refractivity contribution in [2.75, 3.05) is 18.8 Å². The number of carbonyl (C=O) groups is 1. The predicted molar refractivity (Wildman–Crippen MR) is 90.0 cm³/mol. The molecule has 12 heteroatoms. The van der Waals surface area contributed by atoms with Gasteiger partial charge in [0.05, 0.1) is 12.4 Å². The Kier molecular flexibility index (Phi) is 4.63. The van der Waals surface area contributed by atoms with Gasteiger partial charge in [0, 0.05) is 19.5 Å². The van der Waals surface area contributed by atoms with Crippen molar-refractivity contribution in [2.45, 2.75) is 43.2 Å². The number of nitrogen functional groups attached to an aromatic ring is 1. The molecule has 0 unspecified atom stereocenters. The van der Waals surface area contributed by atoms with Crippen molar-refractivity contribution in [1.82, 2.24) is 30.2 Å². The third-order valence-electron chi connectivity index (χ3n) is 4.87. The summed E-state index contributed by atoms with van der Waals surface area (Å²) in [6.45, 7) is 0.104. The molecule has 0 saturated carbocycles. The summed E-state index contributed by atoms with van der Waals surface area (Å²) in [5.41, 5.74) is 6.46. The van der Waals surface area contributed by atoms with Crippen LogP contribution in [0.5, 0.6) is 0 Å². The summed E-state index contributed by atoms with van der Waals surface area (Å²) in [7, 11) is 0. The molecule has 6 N–H and O–H groups in total. The van der Waals surface area contributed by atoms with Gasteiger partial charge < -0.3 is 31.3 Å². The van der Waals surface area contributed by atoms with Gasteiger partial charge >= 0.3 is 0 Å². The molecule has 4 rings (SSSR count). The second-order valence-electron chi connectivity index (χ2n) is 6.67. The Labute approximate surface area is 152 Å². The molecular formula is C15H20FN7O4. The number of aromatic nitrogens is 4. The van der Waals surface area contributed by atoms with Gasteiger partial charge in [-0.05, 0) is 0 Å². The number of anilines is 1. The number of nitrogens with one attached hydrogen (secondary N) is 2. The molecule has 1 amide bonds. The van der Waals surface area contributed by atoms with Crippen molar-refractivity contribution in [3.8, 4) is 0 Å². The maximum absolute atomic E-state index is 13.2. The molecule has 2 saturated heterocycles. The van der Waals surface area contributed by atoms with Gasteiger partial charge in [0.25, 0.3) is 0 Å². The molecule has 0 bridgehead atoms. The van der Waals surface area contributed by atoms with E-state index in [0.717, 1.165) is 0 Å². The number of aliphatic hydroxyl groups is 2. The highest BCUT2D eigenvalue weighted by Crippen LogP contribution is 2.31. The van der Waals surface area contributed by atoms with Crippen molar-refractivity contribution < 1.29 is 24.1 Å². The van der Waals surface area contributed by atoms with Gasteiger partial charge in [0.1, 0.15) is 36.3 Å². The number of ether oxygens (including phenoxy) is 1. The van der Waals surface area contributed by atoms with Crippen LogP contribution in [0.1, 0.15) is 12.6 Å². The number of halogens is 1. The standard InChI is InChI=1S/C15H20FN7O4/c16-6-1-7(18-2-6)14(26)19-3-8-10(24)11(25)15(27-8)23-5-22-9-12(17)20-4-21-13(9)23/h4-8,10-11,15,18,24-25H,1-3H2,(H,19,26)(H2,17,20,21)/t6-,7-,8+,10+,11+,15+/m0/s1. The van der Waals surface area contributed by atoms with Gasteiger partial charge in [-0.1, -0.05) is 0 Å². The smallest absolute Gasteiger partial charge is 0.237 e. The van der Waals surface area contributed by atoms with Gasteiger partial charge in [0.15, 0.2) is 17.7 Å². The zero-order chi connectivity index (χ0) is 19.1. The van der Waals surface area contributed by atoms with E-state index in [9.17, 15) is 19.4 Å². The minimum absolute atomic E-state index is 0.0353. The number of aliphatic hydroxyl groups excluding tert-OH is 2. The molecule has 4 heterocycles. The van der Waals surface area contributed by atoms with Crippen molar-refractivity contribution in [2.24, 2.45) is 0 Å². The highest BCUT2D eigenvalue weighted by Gasteiger charge is 2.44. The van der Waals surface area contributed by atoms with E-state index in [4.69, 9.17) is 10.5 Å². The Bertz CT molecular complexity index is 849. The fraction of sp³-hybridized carbons (Fsp3) is 0.600. The molecule has 146 valence electrons. The van der Waals surface area contributed by atoms with E-state index in [1.807, 2.05) is 0 Å². The average Bonchev–Trinajstić information content (AvgIpc) is 3.34. The van der Waals surface area contributed by atoms with Gasteiger partial charge in [-0.3, -0.25) is 9.36 Å². The minimum atomic E-state index is -1.26. The van der Waals surface area contributed by atoms with Crippen LogP contribution >= 0.6 is 0 Å². The highest BCUT2D eigenvalue weighted by atomic mass is 19.1. The quantitative estimate of drug-likeness (QED) is 0.397. The zero-order valence-electron chi connectivity index (χ0n) is 14.2. The first-order valence-electron chi connectivity index (χ1n) is 8.55. The average molecular weight is 381 g/mol. The Hall–Kier alpha value is -2.41. The van der Waals surface area contributed by atoms with E-state index in [-0.39, 0.29) is 31.2 Å². The molecule has 11 nitrogen and oxygen atoms in total. The van der Waals surface area contributed by atoms with Gasteiger partial charge in [-0.25, -0.2) is 19.3 Å². The van der Waals surface area contributed by atoms with Crippen LogP contribution in [-0.2, 0) is 9.53 Å². The topological polar surface area (TPSA) is 160 Å². The summed E-state index contributed by atoms with van der Waals surface area (Å²) < 4.78 is 20.4. The van der Waals surface area contributed by atoms with Crippen LogP contribution in [-0.4, -0.2) is 79.3 Å². The Balaban J connectivity index is 1.44. The number of nitrogens with zero attached hydrogens (tertiary/aromatic N) is 4. The minimum Gasteiger partial charge on any atom is -0.387 e. The van der Waals surface area contributed by atoms with Crippen LogP contribution in [0.15, 0.2) is 12.7 Å². The van der Waals surface area contributed by atoms with Crippen molar-refractivity contribution in [3.63, 3.8) is 0 Å². The number of imidazole rings is 1. The molecule has 0 spiro atoms. The van der Waals surface area contributed by atoms with Crippen LogP contribution in [0.3, 0.4) is 0 Å². The number of rotatable bonds is 4. The fourth-order valence-corrected chi connectivity index (χ4v) is 3.40. The first-order valence-corrected chi connectivity index (χ1v) is 8.55. The largest absolute Gasteiger partial charge is 0.387 e. The molecule has 0 aromatic carbocycles. The lowest BCUT2D eigenvalue weighted by Gasteiger charge is -2.17. The highest BCUT2D eigenvalue weighted by molar-refractivity contribution is 5.82. The molecule has 0 radical (unpaired) electrons. The molecule has 2 aliphatic heterocycles. The van der Waals surface area contributed by atoms with E-state index < -0.39 is 36.8 Å². The molecule has 6 atom stereocenters. The molecule has 2 aromatic rings.